The van der Waals surface area contributed by atoms with Gasteiger partial charge in [0, 0.05) is 5.92 Å². The second kappa shape index (κ2) is 6.95. The van der Waals surface area contributed by atoms with E-state index in [1.807, 2.05) is 0 Å². The number of nitrogens with one attached hydrogen (secondary N) is 1. The fourth-order valence-corrected chi connectivity index (χ4v) is 3.12. The maximum Gasteiger partial charge on any atom is 0.361 e. The number of rotatable bonds is 5. The van der Waals surface area contributed by atoms with E-state index in [1.165, 1.54) is 16.0 Å². The summed E-state index contributed by atoms with van der Waals surface area (Å²) in [6.45, 7) is 6.90. The number of hydrogen-bond donors (Lipinski definition) is 2. The van der Waals surface area contributed by atoms with Gasteiger partial charge < -0.3 is 15.4 Å². The summed E-state index contributed by atoms with van der Waals surface area (Å²) >= 11 is 0. The number of quaternary nitrogens is 1. The van der Waals surface area contributed by atoms with Gasteiger partial charge in [0.25, 0.3) is 0 Å². The average Bonchev–Trinajstić information content (AvgIpc) is 3.13. The molecule has 0 spiro atoms. The molecule has 10 nitrogen and oxygen atoms in total. The lowest BCUT2D eigenvalue weighted by Crippen LogP contribution is -3.12. The lowest BCUT2D eigenvalue weighted by molar-refractivity contribution is -0.922. The molecule has 1 fully saturated rings. The van der Waals surface area contributed by atoms with Crippen molar-refractivity contribution in [3.8, 4) is 5.82 Å². The Kier molecular flexibility index (Phi) is 4.74. The molecule has 0 aromatic carbocycles. The number of nitrogen functional groups attached to an aromatic ring is 1. The average molecular weight is 336 g/mol. The lowest BCUT2D eigenvalue weighted by atomic mass is 10.00. The highest BCUT2D eigenvalue weighted by atomic mass is 16.6. The maximum absolute atomic E-state index is 12.2. The standard InChI is InChI=1S/C14H21N7O3/c1-3-23-14(22)11-10(8-20-6-4-5-9(2)7-20)21(19-16-11)13-12(15)17-24-18-13/h9H,3-8H2,1-2H3,(H2,15,17)/p+1. The fraction of sp³-hybridized carbons (Fsp3) is 0.643. The van der Waals surface area contributed by atoms with E-state index < -0.39 is 5.97 Å². The Labute approximate surface area is 138 Å². The van der Waals surface area contributed by atoms with Crippen LogP contribution in [0.4, 0.5) is 5.82 Å². The first kappa shape index (κ1) is 16.4. The molecule has 0 bridgehead atoms. The summed E-state index contributed by atoms with van der Waals surface area (Å²) in [6.07, 6.45) is 2.38. The highest BCUT2D eigenvalue weighted by molar-refractivity contribution is 5.88. The van der Waals surface area contributed by atoms with Gasteiger partial charge in [-0.1, -0.05) is 12.1 Å². The van der Waals surface area contributed by atoms with Gasteiger partial charge in [-0.3, -0.25) is 0 Å². The molecule has 2 unspecified atom stereocenters. The van der Waals surface area contributed by atoms with Crippen molar-refractivity contribution in [1.29, 1.82) is 0 Å². The Bertz CT molecular complexity index is 711. The predicted molar refractivity (Wildman–Crippen MR) is 82.4 cm³/mol. The molecular weight excluding hydrogens is 314 g/mol. The number of carbonyl (C=O) groups excluding carboxylic acids is 1. The van der Waals surface area contributed by atoms with Crippen molar-refractivity contribution in [1.82, 2.24) is 25.3 Å². The third kappa shape index (κ3) is 3.23. The molecule has 130 valence electrons. The molecular formula is C14H22N7O3+. The molecule has 0 radical (unpaired) electrons. The van der Waals surface area contributed by atoms with Crippen molar-refractivity contribution in [2.75, 3.05) is 25.4 Å². The van der Waals surface area contributed by atoms with E-state index in [2.05, 4.69) is 32.2 Å². The number of piperidine rings is 1. The Morgan fingerprint density at radius 1 is 1.50 bits per heavy atom. The number of likely N-dealkylation sites (tertiary alicyclic amines) is 1. The van der Waals surface area contributed by atoms with Crippen molar-refractivity contribution in [3.63, 3.8) is 0 Å². The molecule has 3 rings (SSSR count). The van der Waals surface area contributed by atoms with E-state index in [0.29, 0.717) is 18.2 Å². The van der Waals surface area contributed by atoms with Gasteiger partial charge in [0.05, 0.1) is 19.7 Å². The van der Waals surface area contributed by atoms with E-state index in [-0.39, 0.29) is 23.9 Å². The van der Waals surface area contributed by atoms with Crippen LogP contribution in [0.1, 0.15) is 42.9 Å². The molecule has 2 aromatic rings. The molecule has 1 aliphatic rings. The van der Waals surface area contributed by atoms with Crippen molar-refractivity contribution in [2.45, 2.75) is 33.2 Å². The number of carbonyl (C=O) groups is 1. The van der Waals surface area contributed by atoms with Gasteiger partial charge in [0.2, 0.25) is 11.6 Å². The lowest BCUT2D eigenvalue weighted by Gasteiger charge is -2.27. The normalized spacial score (nSPS) is 20.9. The van der Waals surface area contributed by atoms with Crippen LogP contribution in [0.25, 0.3) is 5.82 Å². The van der Waals surface area contributed by atoms with Gasteiger partial charge in [-0.25, -0.2) is 9.42 Å². The van der Waals surface area contributed by atoms with E-state index in [1.54, 1.807) is 6.92 Å². The molecule has 1 aliphatic heterocycles. The Hall–Kier alpha value is -2.49. The molecule has 24 heavy (non-hydrogen) atoms. The van der Waals surface area contributed by atoms with E-state index >= 15 is 0 Å². The maximum atomic E-state index is 12.2. The number of ether oxygens (including phenoxy) is 1. The zero-order valence-electron chi connectivity index (χ0n) is 13.9. The van der Waals surface area contributed by atoms with E-state index in [9.17, 15) is 4.79 Å². The zero-order chi connectivity index (χ0) is 17.1. The number of anilines is 1. The summed E-state index contributed by atoms with van der Waals surface area (Å²) in [5.41, 5.74) is 6.56. The second-order valence-corrected chi connectivity index (χ2v) is 6.12. The number of hydrogen-bond acceptors (Lipinski definition) is 8. The molecule has 0 saturated carbocycles. The first-order valence-corrected chi connectivity index (χ1v) is 8.13. The van der Waals surface area contributed by atoms with Crippen molar-refractivity contribution < 1.29 is 19.1 Å². The van der Waals surface area contributed by atoms with Crippen LogP contribution in [0, 0.1) is 5.92 Å². The first-order chi connectivity index (χ1) is 11.6. The summed E-state index contributed by atoms with van der Waals surface area (Å²) in [5, 5.41) is 15.3. The molecule has 3 N–H and O–H groups in total. The van der Waals surface area contributed by atoms with Gasteiger partial charge in [-0.2, -0.15) is 4.68 Å². The molecule has 3 heterocycles. The minimum Gasteiger partial charge on any atom is -0.461 e. The molecule has 0 amide bonds. The van der Waals surface area contributed by atoms with Crippen molar-refractivity contribution in [3.05, 3.63) is 11.4 Å². The topological polar surface area (TPSA) is 126 Å². The molecule has 0 aliphatic carbocycles. The minimum absolute atomic E-state index is 0.0959. The van der Waals surface area contributed by atoms with Crippen LogP contribution in [0.5, 0.6) is 0 Å². The third-order valence-corrected chi connectivity index (χ3v) is 4.21. The predicted octanol–water partition coefficient (Wildman–Crippen LogP) is -0.776. The summed E-state index contributed by atoms with van der Waals surface area (Å²) in [4.78, 5) is 13.6. The summed E-state index contributed by atoms with van der Waals surface area (Å²) in [6, 6.07) is 0. The molecule has 10 heteroatoms. The van der Waals surface area contributed by atoms with E-state index in [0.717, 1.165) is 19.5 Å². The highest BCUT2D eigenvalue weighted by Gasteiger charge is 2.29. The van der Waals surface area contributed by atoms with Crippen molar-refractivity contribution in [2.24, 2.45) is 5.92 Å². The minimum atomic E-state index is -0.502. The van der Waals surface area contributed by atoms with Gasteiger partial charge in [0.15, 0.2) is 5.69 Å². The van der Waals surface area contributed by atoms with Gasteiger partial charge in [-0.15, -0.1) is 5.10 Å². The van der Waals surface area contributed by atoms with Crippen LogP contribution < -0.4 is 10.6 Å². The monoisotopic (exact) mass is 336 g/mol. The molecule has 2 atom stereocenters. The highest BCUT2D eigenvalue weighted by Crippen LogP contribution is 2.16. The summed E-state index contributed by atoms with van der Waals surface area (Å²) < 4.78 is 11.1. The fourth-order valence-electron chi connectivity index (χ4n) is 3.12. The number of esters is 1. The summed E-state index contributed by atoms with van der Waals surface area (Å²) in [7, 11) is 0. The zero-order valence-corrected chi connectivity index (χ0v) is 13.9. The van der Waals surface area contributed by atoms with Crippen LogP contribution >= 0.6 is 0 Å². The number of aromatic nitrogens is 5. The second-order valence-electron chi connectivity index (χ2n) is 6.12. The Morgan fingerprint density at radius 3 is 3.00 bits per heavy atom. The van der Waals surface area contributed by atoms with E-state index in [4.69, 9.17) is 10.5 Å². The van der Waals surface area contributed by atoms with Crippen LogP contribution in [0.15, 0.2) is 4.63 Å². The van der Waals surface area contributed by atoms with Crippen LogP contribution in [-0.4, -0.2) is 51.0 Å². The SMILES string of the molecule is CCOC(=O)c1nnn(-c2nonc2N)c1C[NH+]1CCCC(C)C1. The first-order valence-electron chi connectivity index (χ1n) is 8.13. The Morgan fingerprint density at radius 2 is 2.33 bits per heavy atom. The van der Waals surface area contributed by atoms with Gasteiger partial charge >= 0.3 is 5.97 Å². The van der Waals surface area contributed by atoms with Gasteiger partial charge in [0.1, 0.15) is 12.2 Å². The van der Waals surface area contributed by atoms with Gasteiger partial charge in [-0.05, 0) is 30.1 Å². The smallest absolute Gasteiger partial charge is 0.361 e. The van der Waals surface area contributed by atoms with Crippen LogP contribution in [0.3, 0.4) is 0 Å². The molecule has 1 saturated heterocycles. The largest absolute Gasteiger partial charge is 0.461 e. The van der Waals surface area contributed by atoms with Crippen molar-refractivity contribution >= 4 is 11.8 Å². The Balaban J connectivity index is 1.95. The van der Waals surface area contributed by atoms with Crippen LogP contribution in [0.2, 0.25) is 0 Å². The number of nitrogens with two attached hydrogens (primary N) is 1. The quantitative estimate of drug-likeness (QED) is 0.681. The molecule has 2 aromatic heterocycles. The number of nitrogens with zero attached hydrogens (tertiary/aromatic N) is 5. The third-order valence-electron chi connectivity index (χ3n) is 4.21. The van der Waals surface area contributed by atoms with Crippen LogP contribution in [-0.2, 0) is 11.3 Å². The summed E-state index contributed by atoms with van der Waals surface area (Å²) in [5.74, 6) is 0.470.